The standard InChI is InChI=1S/C16H25N5S3.HI/c1-3-13-12-21-14(24-13)6-8-19-15(17-4-2)18-7-5-10-22-16-20-9-11-23-16;/h9,11-12H,3-8,10H2,1-2H3,(H2,17,18,19);1H. The SMILES string of the molecule is CCNC(=NCCCSc1nccs1)NCCc1ncc(CC)s1.I. The van der Waals surface area contributed by atoms with Gasteiger partial charge in [0.15, 0.2) is 5.96 Å². The first-order valence-corrected chi connectivity index (χ1v) is 11.0. The van der Waals surface area contributed by atoms with Gasteiger partial charge in [0.05, 0.1) is 5.01 Å². The highest BCUT2D eigenvalue weighted by Gasteiger charge is 2.02. The number of nitrogens with zero attached hydrogens (tertiary/aromatic N) is 3. The second kappa shape index (κ2) is 13.8. The van der Waals surface area contributed by atoms with Gasteiger partial charge in [-0.3, -0.25) is 4.99 Å². The van der Waals surface area contributed by atoms with E-state index in [9.17, 15) is 0 Å². The Balaban J connectivity index is 0.00000312. The predicted octanol–water partition coefficient (Wildman–Crippen LogP) is 4.06. The minimum absolute atomic E-state index is 0. The van der Waals surface area contributed by atoms with Crippen molar-refractivity contribution in [1.82, 2.24) is 20.6 Å². The lowest BCUT2D eigenvalue weighted by Gasteiger charge is -2.10. The number of aromatic nitrogens is 2. The van der Waals surface area contributed by atoms with E-state index in [0.29, 0.717) is 0 Å². The van der Waals surface area contributed by atoms with E-state index in [1.165, 1.54) is 9.88 Å². The van der Waals surface area contributed by atoms with Crippen LogP contribution in [0, 0.1) is 0 Å². The monoisotopic (exact) mass is 511 g/mol. The first-order valence-electron chi connectivity index (χ1n) is 8.29. The summed E-state index contributed by atoms with van der Waals surface area (Å²) in [5, 5.41) is 9.89. The van der Waals surface area contributed by atoms with E-state index in [-0.39, 0.29) is 24.0 Å². The summed E-state index contributed by atoms with van der Waals surface area (Å²) in [5.74, 6) is 1.94. The molecule has 0 spiro atoms. The minimum Gasteiger partial charge on any atom is -0.357 e. The summed E-state index contributed by atoms with van der Waals surface area (Å²) >= 11 is 5.30. The average molecular weight is 512 g/mol. The Kier molecular flexibility index (Phi) is 12.5. The molecule has 9 heteroatoms. The van der Waals surface area contributed by atoms with Gasteiger partial charge >= 0.3 is 0 Å². The number of thioether (sulfide) groups is 1. The third kappa shape index (κ3) is 9.20. The lowest BCUT2D eigenvalue weighted by Crippen LogP contribution is -2.38. The van der Waals surface area contributed by atoms with E-state index in [0.717, 1.165) is 54.9 Å². The van der Waals surface area contributed by atoms with Crippen LogP contribution in [0.15, 0.2) is 27.1 Å². The molecule has 0 radical (unpaired) electrons. The Bertz CT molecular complexity index is 601. The van der Waals surface area contributed by atoms with Crippen LogP contribution in [0.25, 0.3) is 0 Å². The minimum atomic E-state index is 0. The van der Waals surface area contributed by atoms with Crippen molar-refractivity contribution in [3.05, 3.63) is 27.7 Å². The number of nitrogens with one attached hydrogen (secondary N) is 2. The highest BCUT2D eigenvalue weighted by atomic mass is 127. The number of aryl methyl sites for hydroxylation is 1. The van der Waals surface area contributed by atoms with E-state index in [1.54, 1.807) is 34.4 Å². The molecule has 0 amide bonds. The Labute approximate surface area is 179 Å². The molecule has 0 atom stereocenters. The van der Waals surface area contributed by atoms with E-state index in [1.807, 2.05) is 17.8 Å². The number of hydrogen-bond donors (Lipinski definition) is 2. The van der Waals surface area contributed by atoms with Crippen molar-refractivity contribution < 1.29 is 0 Å². The second-order valence-corrected chi connectivity index (χ2v) is 8.45. The highest BCUT2D eigenvalue weighted by molar-refractivity contribution is 14.0. The fraction of sp³-hybridized carbons (Fsp3) is 0.562. The summed E-state index contributed by atoms with van der Waals surface area (Å²) in [4.78, 5) is 14.7. The average Bonchev–Trinajstić information content (AvgIpc) is 3.26. The van der Waals surface area contributed by atoms with E-state index < -0.39 is 0 Å². The highest BCUT2D eigenvalue weighted by Crippen LogP contribution is 2.20. The van der Waals surface area contributed by atoms with E-state index >= 15 is 0 Å². The van der Waals surface area contributed by atoms with Crippen LogP contribution in [0.2, 0.25) is 0 Å². The maximum Gasteiger partial charge on any atom is 0.191 e. The lowest BCUT2D eigenvalue weighted by atomic mass is 10.4. The van der Waals surface area contributed by atoms with Crippen LogP contribution >= 0.6 is 58.4 Å². The fourth-order valence-electron chi connectivity index (χ4n) is 1.95. The molecule has 0 aliphatic carbocycles. The molecular weight excluding hydrogens is 485 g/mol. The van der Waals surface area contributed by atoms with Crippen LogP contribution in [0.5, 0.6) is 0 Å². The van der Waals surface area contributed by atoms with Crippen LogP contribution in [-0.4, -0.2) is 41.3 Å². The number of aliphatic imine (C=N–C) groups is 1. The van der Waals surface area contributed by atoms with Crippen LogP contribution < -0.4 is 10.6 Å². The summed E-state index contributed by atoms with van der Waals surface area (Å²) in [6.45, 7) is 6.81. The molecular formula is C16H26IN5S3. The molecule has 0 fully saturated rings. The maximum absolute atomic E-state index is 4.63. The molecule has 140 valence electrons. The second-order valence-electron chi connectivity index (χ2n) is 5.01. The molecule has 0 saturated heterocycles. The smallest absolute Gasteiger partial charge is 0.191 e. The summed E-state index contributed by atoms with van der Waals surface area (Å²) in [5.41, 5.74) is 0. The maximum atomic E-state index is 4.63. The molecule has 2 heterocycles. The van der Waals surface area contributed by atoms with Gasteiger partial charge in [-0.15, -0.1) is 46.7 Å². The first-order chi connectivity index (χ1) is 11.8. The van der Waals surface area contributed by atoms with Crippen molar-refractivity contribution in [3.63, 3.8) is 0 Å². The largest absolute Gasteiger partial charge is 0.357 e. The van der Waals surface area contributed by atoms with Gasteiger partial charge in [0.25, 0.3) is 0 Å². The fourth-order valence-corrected chi connectivity index (χ4v) is 4.45. The first kappa shape index (κ1) is 22.7. The van der Waals surface area contributed by atoms with Crippen LogP contribution in [0.4, 0.5) is 0 Å². The molecule has 2 aromatic heterocycles. The van der Waals surface area contributed by atoms with Gasteiger partial charge in [0.2, 0.25) is 0 Å². The molecule has 0 aliphatic rings. The summed E-state index contributed by atoms with van der Waals surface area (Å²) in [7, 11) is 0. The van der Waals surface area contributed by atoms with Crippen molar-refractivity contribution in [2.24, 2.45) is 4.99 Å². The Morgan fingerprint density at radius 1 is 1.28 bits per heavy atom. The predicted molar refractivity (Wildman–Crippen MR) is 122 cm³/mol. The van der Waals surface area contributed by atoms with Gasteiger partial charge in [-0.1, -0.05) is 18.7 Å². The van der Waals surface area contributed by atoms with Crippen molar-refractivity contribution >= 4 is 64.4 Å². The van der Waals surface area contributed by atoms with Crippen molar-refractivity contribution in [3.8, 4) is 0 Å². The quantitative estimate of drug-likeness (QED) is 0.166. The molecule has 0 saturated carbocycles. The number of rotatable bonds is 10. The van der Waals surface area contributed by atoms with Crippen molar-refractivity contribution in [2.45, 2.75) is 37.4 Å². The van der Waals surface area contributed by atoms with Gasteiger partial charge in [-0.2, -0.15) is 0 Å². The van der Waals surface area contributed by atoms with Gasteiger partial charge in [0, 0.05) is 54.5 Å². The molecule has 2 aromatic rings. The third-order valence-electron chi connectivity index (χ3n) is 3.13. The molecule has 0 unspecified atom stereocenters. The van der Waals surface area contributed by atoms with Crippen molar-refractivity contribution in [2.75, 3.05) is 25.4 Å². The molecule has 2 rings (SSSR count). The molecule has 0 aromatic carbocycles. The van der Waals surface area contributed by atoms with Gasteiger partial charge in [0.1, 0.15) is 4.34 Å². The van der Waals surface area contributed by atoms with Gasteiger partial charge < -0.3 is 10.6 Å². The van der Waals surface area contributed by atoms with E-state index in [4.69, 9.17) is 0 Å². The van der Waals surface area contributed by atoms with Crippen LogP contribution in [0.3, 0.4) is 0 Å². The summed E-state index contributed by atoms with van der Waals surface area (Å²) in [6, 6.07) is 0. The number of guanidine groups is 1. The zero-order valence-electron chi connectivity index (χ0n) is 14.7. The molecule has 25 heavy (non-hydrogen) atoms. The molecule has 5 nitrogen and oxygen atoms in total. The molecule has 0 bridgehead atoms. The Hall–Kier alpha value is -0.390. The number of thiazole rings is 2. The normalized spacial score (nSPS) is 11.2. The number of hydrogen-bond acceptors (Lipinski definition) is 6. The summed E-state index contributed by atoms with van der Waals surface area (Å²) in [6.07, 6.45) is 6.89. The van der Waals surface area contributed by atoms with Gasteiger partial charge in [-0.25, -0.2) is 9.97 Å². The zero-order chi connectivity index (χ0) is 17.0. The molecule has 0 aliphatic heterocycles. The van der Waals surface area contributed by atoms with E-state index in [2.05, 4.69) is 39.4 Å². The zero-order valence-corrected chi connectivity index (χ0v) is 19.4. The number of halogens is 1. The van der Waals surface area contributed by atoms with Crippen LogP contribution in [0.1, 0.15) is 30.2 Å². The topological polar surface area (TPSA) is 62.2 Å². The Morgan fingerprint density at radius 3 is 2.84 bits per heavy atom. The van der Waals surface area contributed by atoms with Crippen molar-refractivity contribution in [1.29, 1.82) is 0 Å². The molecule has 2 N–H and O–H groups in total. The Morgan fingerprint density at radius 2 is 2.16 bits per heavy atom. The lowest BCUT2D eigenvalue weighted by molar-refractivity contribution is 0.792. The summed E-state index contributed by atoms with van der Waals surface area (Å²) < 4.78 is 1.14. The van der Waals surface area contributed by atoms with Gasteiger partial charge in [-0.05, 0) is 19.8 Å². The van der Waals surface area contributed by atoms with Crippen LogP contribution in [-0.2, 0) is 12.8 Å². The third-order valence-corrected chi connectivity index (χ3v) is 6.39.